The van der Waals surface area contributed by atoms with E-state index < -0.39 is 11.0 Å². The van der Waals surface area contributed by atoms with E-state index in [4.69, 9.17) is 0 Å². The molecule has 1 aromatic heterocycles. The van der Waals surface area contributed by atoms with Crippen molar-refractivity contribution in [3.8, 4) is 11.1 Å². The smallest absolute Gasteiger partial charge is 0.269 e. The molecule has 1 atom stereocenters. The van der Waals surface area contributed by atoms with E-state index in [0.29, 0.717) is 13.1 Å². The lowest BCUT2D eigenvalue weighted by Gasteiger charge is -2.31. The van der Waals surface area contributed by atoms with Gasteiger partial charge in [0.15, 0.2) is 0 Å². The van der Waals surface area contributed by atoms with Crippen LogP contribution in [-0.2, 0) is 6.54 Å². The summed E-state index contributed by atoms with van der Waals surface area (Å²) >= 11 is 0. The first-order chi connectivity index (χ1) is 12.0. The van der Waals surface area contributed by atoms with Crippen molar-refractivity contribution < 1.29 is 10.0 Å². The van der Waals surface area contributed by atoms with Crippen LogP contribution in [0.4, 0.5) is 5.69 Å². The Morgan fingerprint density at radius 2 is 1.92 bits per heavy atom. The average molecular weight is 344 g/mol. The number of likely N-dealkylation sites (tertiary alicyclic amines) is 1. The van der Waals surface area contributed by atoms with E-state index in [0.717, 1.165) is 30.1 Å². The topological polar surface area (TPSA) is 84.4 Å². The monoisotopic (exact) mass is 344 g/mol. The highest BCUT2D eigenvalue weighted by Gasteiger charge is 2.18. The number of rotatable bonds is 6. The minimum atomic E-state index is -0.460. The summed E-state index contributed by atoms with van der Waals surface area (Å²) in [5.74, 6) is 0.781. The van der Waals surface area contributed by atoms with Gasteiger partial charge in [-0.2, -0.15) is 5.10 Å². The van der Waals surface area contributed by atoms with E-state index in [1.165, 1.54) is 25.0 Å². The molecule has 1 saturated heterocycles. The normalized spacial score (nSPS) is 17.5. The fraction of sp³-hybridized carbons (Fsp3) is 0.500. The van der Waals surface area contributed by atoms with Gasteiger partial charge in [0, 0.05) is 30.4 Å². The maximum atomic E-state index is 10.7. The van der Waals surface area contributed by atoms with Crippen LogP contribution in [0.5, 0.6) is 0 Å². The molecule has 1 aliphatic rings. The largest absolute Gasteiger partial charge is 0.390 e. The third kappa shape index (κ3) is 4.64. The maximum absolute atomic E-state index is 10.7. The first-order valence-electron chi connectivity index (χ1n) is 8.69. The average Bonchev–Trinajstić information content (AvgIpc) is 3.05. The van der Waals surface area contributed by atoms with Gasteiger partial charge in [0.25, 0.3) is 5.69 Å². The number of aliphatic hydroxyl groups is 1. The fourth-order valence-electron chi connectivity index (χ4n) is 3.20. The zero-order valence-corrected chi connectivity index (χ0v) is 14.4. The van der Waals surface area contributed by atoms with Gasteiger partial charge in [-0.05, 0) is 49.5 Å². The molecular weight excluding hydrogens is 320 g/mol. The predicted molar refractivity (Wildman–Crippen MR) is 95.2 cm³/mol. The molecule has 0 aliphatic carbocycles. The fourth-order valence-corrected chi connectivity index (χ4v) is 3.20. The number of piperidine rings is 1. The van der Waals surface area contributed by atoms with E-state index in [-0.39, 0.29) is 5.69 Å². The Labute approximate surface area is 147 Å². The predicted octanol–water partition coefficient (Wildman–Crippen LogP) is 2.55. The Balaban J connectivity index is 1.56. The molecule has 0 radical (unpaired) electrons. The van der Waals surface area contributed by atoms with Crippen molar-refractivity contribution in [3.05, 3.63) is 46.8 Å². The zero-order valence-electron chi connectivity index (χ0n) is 14.4. The molecule has 1 fully saturated rings. The second kappa shape index (κ2) is 7.76. The van der Waals surface area contributed by atoms with Gasteiger partial charge in [-0.1, -0.05) is 6.92 Å². The van der Waals surface area contributed by atoms with Crippen molar-refractivity contribution in [3.63, 3.8) is 0 Å². The molecule has 0 amide bonds. The number of nitro groups is 1. The van der Waals surface area contributed by atoms with Crippen LogP contribution in [0, 0.1) is 16.0 Å². The van der Waals surface area contributed by atoms with E-state index >= 15 is 0 Å². The number of aromatic nitrogens is 2. The van der Waals surface area contributed by atoms with Gasteiger partial charge < -0.3 is 10.0 Å². The van der Waals surface area contributed by atoms with Crippen LogP contribution in [0.15, 0.2) is 36.7 Å². The lowest BCUT2D eigenvalue weighted by atomic mass is 9.99. The summed E-state index contributed by atoms with van der Waals surface area (Å²) in [6.07, 6.45) is 5.51. The van der Waals surface area contributed by atoms with Crippen molar-refractivity contribution in [2.24, 2.45) is 5.92 Å². The highest BCUT2D eigenvalue weighted by atomic mass is 16.6. The van der Waals surface area contributed by atoms with Crippen LogP contribution in [-0.4, -0.2) is 50.4 Å². The summed E-state index contributed by atoms with van der Waals surface area (Å²) in [5.41, 5.74) is 1.83. The van der Waals surface area contributed by atoms with Gasteiger partial charge in [0.05, 0.1) is 23.8 Å². The molecule has 25 heavy (non-hydrogen) atoms. The second-order valence-corrected chi connectivity index (χ2v) is 6.89. The molecule has 7 heteroatoms. The number of aliphatic hydroxyl groups excluding tert-OH is 1. The van der Waals surface area contributed by atoms with E-state index in [1.807, 2.05) is 6.20 Å². The third-order valence-electron chi connectivity index (χ3n) is 4.79. The van der Waals surface area contributed by atoms with Crippen molar-refractivity contribution in [1.29, 1.82) is 0 Å². The van der Waals surface area contributed by atoms with Crippen LogP contribution >= 0.6 is 0 Å². The third-order valence-corrected chi connectivity index (χ3v) is 4.79. The van der Waals surface area contributed by atoms with Crippen molar-refractivity contribution in [2.45, 2.75) is 32.4 Å². The van der Waals surface area contributed by atoms with Gasteiger partial charge in [-0.25, -0.2) is 0 Å². The summed E-state index contributed by atoms with van der Waals surface area (Å²) in [5, 5.41) is 25.3. The molecule has 1 aromatic carbocycles. The number of β-amino-alcohol motifs (C(OH)–C–C–N with tert-alkyl or cyclic N) is 1. The Hall–Kier alpha value is -2.25. The Morgan fingerprint density at radius 1 is 1.24 bits per heavy atom. The number of hydrogen-bond donors (Lipinski definition) is 1. The van der Waals surface area contributed by atoms with Gasteiger partial charge in [-0.3, -0.25) is 14.8 Å². The highest BCUT2D eigenvalue weighted by molar-refractivity contribution is 5.63. The molecule has 134 valence electrons. The number of benzene rings is 1. The molecule has 1 N–H and O–H groups in total. The highest BCUT2D eigenvalue weighted by Crippen LogP contribution is 2.22. The van der Waals surface area contributed by atoms with E-state index in [9.17, 15) is 15.2 Å². The van der Waals surface area contributed by atoms with Crippen LogP contribution in [0.25, 0.3) is 11.1 Å². The standard InChI is InChI=1S/C18H24N4O3/c1-14-6-8-20(9-7-14)12-18(23)13-21-11-16(10-19-21)15-2-4-17(5-3-15)22(24)25/h2-5,10-11,14,18,23H,6-9,12-13H2,1H3/t18-/m1/s1. The molecule has 7 nitrogen and oxygen atoms in total. The number of nitro benzene ring substituents is 1. The first-order valence-corrected chi connectivity index (χ1v) is 8.69. The number of non-ortho nitro benzene ring substituents is 1. The molecule has 0 unspecified atom stereocenters. The summed E-state index contributed by atoms with van der Waals surface area (Å²) in [7, 11) is 0. The molecular formula is C18H24N4O3. The molecule has 3 rings (SSSR count). The summed E-state index contributed by atoms with van der Waals surface area (Å²) in [6.45, 7) is 5.48. The molecule has 1 aliphatic heterocycles. The van der Waals surface area contributed by atoms with Crippen molar-refractivity contribution in [1.82, 2.24) is 14.7 Å². The molecule has 0 bridgehead atoms. The van der Waals surface area contributed by atoms with Crippen LogP contribution in [0.2, 0.25) is 0 Å². The SMILES string of the molecule is CC1CCN(C[C@@H](O)Cn2cc(-c3ccc([N+](=O)[O-])cc3)cn2)CC1. The van der Waals surface area contributed by atoms with Crippen LogP contribution < -0.4 is 0 Å². The van der Waals surface area contributed by atoms with Gasteiger partial charge in [0.2, 0.25) is 0 Å². The quantitative estimate of drug-likeness (QED) is 0.643. The van der Waals surface area contributed by atoms with Crippen LogP contribution in [0.1, 0.15) is 19.8 Å². The van der Waals surface area contributed by atoms with Gasteiger partial charge in [-0.15, -0.1) is 0 Å². The Bertz CT molecular complexity index is 705. The molecule has 2 heterocycles. The second-order valence-electron chi connectivity index (χ2n) is 6.89. The maximum Gasteiger partial charge on any atom is 0.269 e. The zero-order chi connectivity index (χ0) is 17.8. The van der Waals surface area contributed by atoms with E-state index in [2.05, 4.69) is 16.9 Å². The summed E-state index contributed by atoms with van der Waals surface area (Å²) in [6, 6.07) is 6.40. The number of nitrogens with zero attached hydrogens (tertiary/aromatic N) is 4. The Kier molecular flexibility index (Phi) is 5.45. The van der Waals surface area contributed by atoms with Crippen LogP contribution in [0.3, 0.4) is 0 Å². The Morgan fingerprint density at radius 3 is 2.56 bits per heavy atom. The summed E-state index contributed by atoms with van der Waals surface area (Å²) in [4.78, 5) is 12.6. The van der Waals surface area contributed by atoms with Crippen molar-refractivity contribution in [2.75, 3.05) is 19.6 Å². The summed E-state index contributed by atoms with van der Waals surface area (Å²) < 4.78 is 1.73. The molecule has 0 saturated carbocycles. The minimum absolute atomic E-state index is 0.0717. The van der Waals surface area contributed by atoms with Gasteiger partial charge >= 0.3 is 0 Å². The first kappa shape index (κ1) is 17.6. The number of hydrogen-bond acceptors (Lipinski definition) is 5. The van der Waals surface area contributed by atoms with E-state index in [1.54, 1.807) is 23.0 Å². The van der Waals surface area contributed by atoms with Crippen molar-refractivity contribution >= 4 is 5.69 Å². The molecule has 2 aromatic rings. The molecule has 0 spiro atoms. The lowest BCUT2D eigenvalue weighted by molar-refractivity contribution is -0.384. The lowest BCUT2D eigenvalue weighted by Crippen LogP contribution is -2.39. The van der Waals surface area contributed by atoms with Gasteiger partial charge in [0.1, 0.15) is 0 Å². The minimum Gasteiger partial charge on any atom is -0.390 e.